The Kier molecular flexibility index (Phi) is 5.88. The van der Waals surface area contributed by atoms with Crippen molar-refractivity contribution < 1.29 is 0 Å². The minimum Gasteiger partial charge on any atom is -0.309 e. The van der Waals surface area contributed by atoms with Crippen LogP contribution in [0.5, 0.6) is 0 Å². The van der Waals surface area contributed by atoms with Crippen LogP contribution in [0.3, 0.4) is 0 Å². The summed E-state index contributed by atoms with van der Waals surface area (Å²) in [6.45, 7) is 19.5. The lowest BCUT2D eigenvalue weighted by atomic mass is 9.75. The number of hydrogen-bond donors (Lipinski definition) is 1. The minimum atomic E-state index is 0.262. The summed E-state index contributed by atoms with van der Waals surface area (Å²) in [6.07, 6.45) is 8.33. The van der Waals surface area contributed by atoms with Crippen LogP contribution in [0.25, 0.3) is 0 Å². The van der Waals surface area contributed by atoms with E-state index in [1.54, 1.807) is 0 Å². The van der Waals surface area contributed by atoms with E-state index < -0.39 is 0 Å². The molecule has 2 aliphatic heterocycles. The van der Waals surface area contributed by atoms with Gasteiger partial charge in [-0.15, -0.1) is 0 Å². The summed E-state index contributed by atoms with van der Waals surface area (Å²) in [5.41, 5.74) is 0.760. The molecule has 0 atom stereocenters. The number of nitrogens with one attached hydrogen (secondary N) is 1. The molecule has 3 heteroatoms. The van der Waals surface area contributed by atoms with Crippen LogP contribution in [0.2, 0.25) is 0 Å². The van der Waals surface area contributed by atoms with Crippen molar-refractivity contribution in [3.05, 3.63) is 0 Å². The molecule has 146 valence electrons. The van der Waals surface area contributed by atoms with Gasteiger partial charge < -0.3 is 5.32 Å². The number of rotatable bonds is 3. The Labute approximate surface area is 156 Å². The first-order valence-electron chi connectivity index (χ1n) is 10.9. The second-order valence-electron chi connectivity index (χ2n) is 11.2. The van der Waals surface area contributed by atoms with Crippen molar-refractivity contribution in [1.29, 1.82) is 0 Å². The average Bonchev–Trinajstić information content (AvgIpc) is 2.45. The minimum absolute atomic E-state index is 0.262. The van der Waals surface area contributed by atoms with Gasteiger partial charge in [-0.05, 0) is 83.7 Å². The summed E-state index contributed by atoms with van der Waals surface area (Å²) in [6, 6.07) is 2.46. The molecule has 1 aliphatic carbocycles. The molecule has 2 saturated heterocycles. The van der Waals surface area contributed by atoms with Gasteiger partial charge in [0.1, 0.15) is 0 Å². The van der Waals surface area contributed by atoms with Gasteiger partial charge in [0.05, 0.1) is 0 Å². The summed E-state index contributed by atoms with van der Waals surface area (Å²) in [5, 5.41) is 3.80. The lowest BCUT2D eigenvalue weighted by Crippen LogP contribution is -2.64. The number of nitrogens with zero attached hydrogens (tertiary/aromatic N) is 2. The zero-order valence-electron chi connectivity index (χ0n) is 17.8. The van der Waals surface area contributed by atoms with Crippen LogP contribution >= 0.6 is 0 Å². The second-order valence-corrected chi connectivity index (χ2v) is 11.2. The van der Waals surface area contributed by atoms with Crippen molar-refractivity contribution in [3.8, 4) is 0 Å². The summed E-state index contributed by atoms with van der Waals surface area (Å²) in [7, 11) is 0. The smallest absolute Gasteiger partial charge is 0.0350 e. The highest BCUT2D eigenvalue weighted by Crippen LogP contribution is 2.36. The fraction of sp³-hybridized carbons (Fsp3) is 1.00. The van der Waals surface area contributed by atoms with Gasteiger partial charge in [-0.25, -0.2) is 0 Å². The molecule has 0 amide bonds. The Morgan fingerprint density at radius 3 is 1.72 bits per heavy atom. The van der Waals surface area contributed by atoms with Crippen LogP contribution in [-0.4, -0.2) is 59.6 Å². The molecule has 0 spiro atoms. The Morgan fingerprint density at radius 1 is 0.680 bits per heavy atom. The first-order chi connectivity index (χ1) is 11.6. The highest BCUT2D eigenvalue weighted by molar-refractivity contribution is 4.96. The maximum atomic E-state index is 3.80. The Balaban J connectivity index is 1.35. The SMILES string of the molecule is CC(C)(C)NC1CCC(N2CC(N3CCC(C(C)(C)C)CC3)C2)CC1. The normalized spacial score (nSPS) is 31.9. The highest BCUT2D eigenvalue weighted by atomic mass is 15.3. The molecule has 25 heavy (non-hydrogen) atoms. The molecule has 3 nitrogen and oxygen atoms in total. The predicted molar refractivity (Wildman–Crippen MR) is 108 cm³/mol. The quantitative estimate of drug-likeness (QED) is 0.826. The molecule has 0 bridgehead atoms. The number of piperidine rings is 1. The lowest BCUT2D eigenvalue weighted by molar-refractivity contribution is -0.0282. The van der Waals surface area contributed by atoms with Gasteiger partial charge in [-0.2, -0.15) is 0 Å². The maximum Gasteiger partial charge on any atom is 0.0350 e. The molecule has 3 aliphatic rings. The lowest BCUT2D eigenvalue weighted by Gasteiger charge is -2.52. The van der Waals surface area contributed by atoms with Crippen molar-refractivity contribution in [2.75, 3.05) is 26.2 Å². The van der Waals surface area contributed by atoms with Gasteiger partial charge in [-0.3, -0.25) is 9.80 Å². The predicted octanol–water partition coefficient (Wildman–Crippen LogP) is 4.13. The maximum absolute atomic E-state index is 3.80. The molecule has 0 unspecified atom stereocenters. The molecule has 3 fully saturated rings. The third-order valence-electron chi connectivity index (χ3n) is 7.01. The monoisotopic (exact) mass is 349 g/mol. The van der Waals surface area contributed by atoms with Crippen molar-refractivity contribution in [2.45, 2.75) is 104 Å². The molecular formula is C22H43N3. The van der Waals surface area contributed by atoms with E-state index in [-0.39, 0.29) is 5.54 Å². The molecule has 0 aromatic carbocycles. The van der Waals surface area contributed by atoms with Crippen molar-refractivity contribution >= 4 is 0 Å². The average molecular weight is 350 g/mol. The van der Waals surface area contributed by atoms with Gasteiger partial charge in [0.25, 0.3) is 0 Å². The molecule has 1 saturated carbocycles. The molecule has 0 aromatic heterocycles. The van der Waals surface area contributed by atoms with Crippen molar-refractivity contribution in [3.63, 3.8) is 0 Å². The van der Waals surface area contributed by atoms with Gasteiger partial charge in [-0.1, -0.05) is 20.8 Å². The van der Waals surface area contributed by atoms with Crippen LogP contribution < -0.4 is 5.32 Å². The summed E-state index contributed by atoms with van der Waals surface area (Å²) >= 11 is 0. The van der Waals surface area contributed by atoms with Crippen molar-refractivity contribution in [2.24, 2.45) is 11.3 Å². The van der Waals surface area contributed by atoms with Crippen LogP contribution in [0, 0.1) is 11.3 Å². The number of likely N-dealkylation sites (tertiary alicyclic amines) is 2. The van der Waals surface area contributed by atoms with Gasteiger partial charge in [0, 0.05) is 36.8 Å². The van der Waals surface area contributed by atoms with E-state index in [0.717, 1.165) is 24.0 Å². The van der Waals surface area contributed by atoms with Crippen LogP contribution in [0.4, 0.5) is 0 Å². The summed E-state index contributed by atoms with van der Waals surface area (Å²) in [4.78, 5) is 5.58. The molecule has 3 rings (SSSR count). The molecule has 0 radical (unpaired) electrons. The van der Waals surface area contributed by atoms with E-state index in [1.165, 1.54) is 64.7 Å². The largest absolute Gasteiger partial charge is 0.309 e. The summed E-state index contributed by atoms with van der Waals surface area (Å²) < 4.78 is 0. The van der Waals surface area contributed by atoms with E-state index in [1.807, 2.05) is 0 Å². The van der Waals surface area contributed by atoms with Crippen LogP contribution in [0.1, 0.15) is 80.1 Å². The molecule has 1 N–H and O–H groups in total. The first kappa shape index (κ1) is 19.6. The zero-order chi connectivity index (χ0) is 18.2. The van der Waals surface area contributed by atoms with Crippen LogP contribution in [0.15, 0.2) is 0 Å². The Bertz CT molecular complexity index is 412. The highest BCUT2D eigenvalue weighted by Gasteiger charge is 2.39. The number of hydrogen-bond acceptors (Lipinski definition) is 3. The summed E-state index contributed by atoms with van der Waals surface area (Å²) in [5.74, 6) is 0.922. The zero-order valence-corrected chi connectivity index (χ0v) is 17.8. The van der Waals surface area contributed by atoms with E-state index in [4.69, 9.17) is 0 Å². The topological polar surface area (TPSA) is 18.5 Å². The second kappa shape index (κ2) is 7.48. The molecule has 0 aromatic rings. The van der Waals surface area contributed by atoms with E-state index in [2.05, 4.69) is 56.7 Å². The Morgan fingerprint density at radius 2 is 1.24 bits per heavy atom. The molecular weight excluding hydrogens is 306 g/mol. The van der Waals surface area contributed by atoms with E-state index in [9.17, 15) is 0 Å². The third-order valence-corrected chi connectivity index (χ3v) is 7.01. The van der Waals surface area contributed by atoms with Crippen molar-refractivity contribution in [1.82, 2.24) is 15.1 Å². The van der Waals surface area contributed by atoms with Gasteiger partial charge in [0.2, 0.25) is 0 Å². The van der Waals surface area contributed by atoms with Gasteiger partial charge in [0.15, 0.2) is 0 Å². The molecule has 2 heterocycles. The first-order valence-corrected chi connectivity index (χ1v) is 10.9. The van der Waals surface area contributed by atoms with Crippen LogP contribution in [-0.2, 0) is 0 Å². The van der Waals surface area contributed by atoms with E-state index >= 15 is 0 Å². The van der Waals surface area contributed by atoms with Gasteiger partial charge >= 0.3 is 0 Å². The Hall–Kier alpha value is -0.120. The standard InChI is InChI=1S/C22H43N3/c1-21(2,3)17-11-13-24(14-12-17)20-15-25(16-20)19-9-7-18(8-10-19)23-22(4,5)6/h17-20,23H,7-16H2,1-6H3. The fourth-order valence-electron chi connectivity index (χ4n) is 5.35. The fourth-order valence-corrected chi connectivity index (χ4v) is 5.35. The third kappa shape index (κ3) is 5.20. The van der Waals surface area contributed by atoms with E-state index in [0.29, 0.717) is 5.41 Å².